The number of ether oxygens (including phenoxy) is 1. The predicted molar refractivity (Wildman–Crippen MR) is 132 cm³/mol. The quantitative estimate of drug-likeness (QED) is 0.352. The van der Waals surface area contributed by atoms with Gasteiger partial charge in [-0.2, -0.15) is 13.2 Å². The summed E-state index contributed by atoms with van der Waals surface area (Å²) in [5.41, 5.74) is 4.60. The number of pyridine rings is 1. The molecule has 0 bridgehead atoms. The zero-order valence-corrected chi connectivity index (χ0v) is 19.5. The van der Waals surface area contributed by atoms with Crippen LogP contribution in [0, 0.1) is 6.92 Å². The molecule has 0 unspecified atom stereocenters. The monoisotopic (exact) mass is 479 g/mol. The van der Waals surface area contributed by atoms with Gasteiger partial charge in [-0.05, 0) is 73.2 Å². The highest BCUT2D eigenvalue weighted by Crippen LogP contribution is 2.30. The zero-order valence-electron chi connectivity index (χ0n) is 19.5. The van der Waals surface area contributed by atoms with E-state index >= 15 is 0 Å². The molecule has 5 nitrogen and oxygen atoms in total. The predicted octanol–water partition coefficient (Wildman–Crippen LogP) is 6.31. The molecule has 0 saturated heterocycles. The van der Waals surface area contributed by atoms with Crippen molar-refractivity contribution < 1.29 is 22.7 Å². The summed E-state index contributed by atoms with van der Waals surface area (Å²) in [6.45, 7) is 1.66. The van der Waals surface area contributed by atoms with Crippen molar-refractivity contribution >= 4 is 28.2 Å². The maximum Gasteiger partial charge on any atom is 0.416 e. The van der Waals surface area contributed by atoms with Gasteiger partial charge in [-0.3, -0.25) is 4.79 Å². The van der Waals surface area contributed by atoms with Crippen molar-refractivity contribution in [3.05, 3.63) is 83.9 Å². The van der Waals surface area contributed by atoms with E-state index in [1.807, 2.05) is 68.4 Å². The lowest BCUT2D eigenvalue weighted by atomic mass is 10.0. The number of halogens is 3. The van der Waals surface area contributed by atoms with Crippen molar-refractivity contribution in [3.63, 3.8) is 0 Å². The molecular weight excluding hydrogens is 455 g/mol. The second-order valence-electron chi connectivity index (χ2n) is 8.36. The third kappa shape index (κ3) is 5.71. The minimum absolute atomic E-state index is 0.179. The van der Waals surface area contributed by atoms with Crippen LogP contribution in [0.3, 0.4) is 0 Å². The number of rotatable bonds is 6. The van der Waals surface area contributed by atoms with E-state index in [9.17, 15) is 18.0 Å². The van der Waals surface area contributed by atoms with Crippen LogP contribution >= 0.6 is 0 Å². The molecule has 1 heterocycles. The van der Waals surface area contributed by atoms with E-state index < -0.39 is 17.6 Å². The van der Waals surface area contributed by atoms with Crippen LogP contribution in [-0.4, -0.2) is 31.6 Å². The number of benzene rings is 3. The first kappa shape index (κ1) is 24.1. The Morgan fingerprint density at radius 2 is 1.66 bits per heavy atom. The minimum atomic E-state index is -4.42. The summed E-state index contributed by atoms with van der Waals surface area (Å²) in [6, 6.07) is 19.8. The van der Waals surface area contributed by atoms with E-state index in [0.717, 1.165) is 45.5 Å². The number of anilines is 2. The van der Waals surface area contributed by atoms with Gasteiger partial charge in [0.1, 0.15) is 5.75 Å². The average molecular weight is 480 g/mol. The molecule has 4 rings (SSSR count). The van der Waals surface area contributed by atoms with Crippen LogP contribution in [0.2, 0.25) is 0 Å². The lowest BCUT2D eigenvalue weighted by Crippen LogP contribution is -2.20. The number of amides is 1. The van der Waals surface area contributed by atoms with Crippen molar-refractivity contribution in [2.45, 2.75) is 13.1 Å². The highest BCUT2D eigenvalue weighted by atomic mass is 19.4. The molecular formula is C27H24F3N3O2. The molecule has 3 aromatic carbocycles. The molecule has 0 aliphatic rings. The van der Waals surface area contributed by atoms with Gasteiger partial charge in [0.25, 0.3) is 5.91 Å². The van der Waals surface area contributed by atoms with Crippen LogP contribution in [0.4, 0.5) is 24.5 Å². The van der Waals surface area contributed by atoms with E-state index in [1.165, 1.54) is 12.1 Å². The number of aryl methyl sites for hydroxylation is 1. The number of hydrogen-bond acceptors (Lipinski definition) is 4. The summed E-state index contributed by atoms with van der Waals surface area (Å²) in [5, 5.41) is 3.66. The standard InChI is InChI=1S/C27H24F3N3O2/c1-17-14-25(18-4-9-21(10-5-18)33(2)3)32-24-13-8-20(15-23(17)24)31-26(34)16-35-22-11-6-19(7-12-22)27(28,29)30/h4-15H,16H2,1-3H3,(H,31,34). The summed E-state index contributed by atoms with van der Waals surface area (Å²) in [5.74, 6) is -0.245. The Morgan fingerprint density at radius 3 is 2.29 bits per heavy atom. The number of hydrogen-bond donors (Lipinski definition) is 1. The highest BCUT2D eigenvalue weighted by Gasteiger charge is 2.30. The summed E-state index contributed by atoms with van der Waals surface area (Å²) >= 11 is 0. The fraction of sp³-hybridized carbons (Fsp3) is 0.185. The van der Waals surface area contributed by atoms with Gasteiger partial charge in [-0.25, -0.2) is 4.98 Å². The number of carbonyl (C=O) groups excluding carboxylic acids is 1. The van der Waals surface area contributed by atoms with Crippen molar-refractivity contribution in [3.8, 4) is 17.0 Å². The Balaban J connectivity index is 1.44. The Kier molecular flexibility index (Phi) is 6.64. The van der Waals surface area contributed by atoms with Crippen LogP contribution in [0.15, 0.2) is 72.8 Å². The first-order chi connectivity index (χ1) is 16.6. The minimum Gasteiger partial charge on any atom is -0.484 e. The maximum atomic E-state index is 12.7. The topological polar surface area (TPSA) is 54.5 Å². The fourth-order valence-electron chi connectivity index (χ4n) is 3.64. The van der Waals surface area contributed by atoms with Crippen LogP contribution in [0.1, 0.15) is 11.1 Å². The van der Waals surface area contributed by atoms with Gasteiger partial charge in [-0.1, -0.05) is 12.1 Å². The third-order valence-electron chi connectivity index (χ3n) is 5.53. The molecule has 0 radical (unpaired) electrons. The van der Waals surface area contributed by atoms with E-state index in [4.69, 9.17) is 9.72 Å². The third-order valence-corrected chi connectivity index (χ3v) is 5.53. The smallest absolute Gasteiger partial charge is 0.416 e. The van der Waals surface area contributed by atoms with Crippen LogP contribution < -0.4 is 15.0 Å². The largest absolute Gasteiger partial charge is 0.484 e. The molecule has 4 aromatic rings. The molecule has 1 amide bonds. The number of fused-ring (bicyclic) bond motifs is 1. The molecule has 1 aromatic heterocycles. The van der Waals surface area contributed by atoms with Crippen LogP contribution in [-0.2, 0) is 11.0 Å². The Bertz CT molecular complexity index is 1350. The molecule has 0 aliphatic carbocycles. The highest BCUT2D eigenvalue weighted by molar-refractivity contribution is 5.95. The summed E-state index contributed by atoms with van der Waals surface area (Å²) in [6.07, 6.45) is -4.42. The first-order valence-electron chi connectivity index (χ1n) is 10.9. The Hall–Kier alpha value is -4.07. The van der Waals surface area contributed by atoms with Crippen molar-refractivity contribution in [1.82, 2.24) is 4.98 Å². The molecule has 35 heavy (non-hydrogen) atoms. The molecule has 1 N–H and O–H groups in total. The second-order valence-corrected chi connectivity index (χ2v) is 8.36. The molecule has 180 valence electrons. The molecule has 0 spiro atoms. The SMILES string of the molecule is Cc1cc(-c2ccc(N(C)C)cc2)nc2ccc(NC(=O)COc3ccc(C(F)(F)F)cc3)cc12. The van der Waals surface area contributed by atoms with E-state index in [1.54, 1.807) is 6.07 Å². The molecule has 8 heteroatoms. The Morgan fingerprint density at radius 1 is 0.971 bits per heavy atom. The number of aromatic nitrogens is 1. The second kappa shape index (κ2) is 9.66. The number of alkyl halides is 3. The van der Waals surface area contributed by atoms with Gasteiger partial charge >= 0.3 is 6.18 Å². The van der Waals surface area contributed by atoms with Gasteiger partial charge in [0.15, 0.2) is 6.61 Å². The van der Waals surface area contributed by atoms with Crippen LogP contribution in [0.5, 0.6) is 5.75 Å². The van der Waals surface area contributed by atoms with E-state index in [-0.39, 0.29) is 12.4 Å². The normalized spacial score (nSPS) is 11.4. The lowest BCUT2D eigenvalue weighted by Gasteiger charge is -2.13. The average Bonchev–Trinajstić information content (AvgIpc) is 2.83. The van der Waals surface area contributed by atoms with Gasteiger partial charge < -0.3 is 15.0 Å². The number of carbonyl (C=O) groups is 1. The summed E-state index contributed by atoms with van der Waals surface area (Å²) in [7, 11) is 3.98. The fourth-order valence-corrected chi connectivity index (χ4v) is 3.64. The van der Waals surface area contributed by atoms with Gasteiger partial charge in [0.05, 0.1) is 16.8 Å². The number of nitrogens with zero attached hydrogens (tertiary/aromatic N) is 2. The first-order valence-corrected chi connectivity index (χ1v) is 10.9. The van der Waals surface area contributed by atoms with Crippen molar-refractivity contribution in [2.24, 2.45) is 0 Å². The Labute approximate surface area is 201 Å². The van der Waals surface area contributed by atoms with Crippen molar-refractivity contribution in [2.75, 3.05) is 30.9 Å². The maximum absolute atomic E-state index is 12.7. The van der Waals surface area contributed by atoms with Gasteiger partial charge in [0.2, 0.25) is 0 Å². The molecule has 0 fully saturated rings. The van der Waals surface area contributed by atoms with Gasteiger partial charge in [0, 0.05) is 36.4 Å². The summed E-state index contributed by atoms with van der Waals surface area (Å²) in [4.78, 5) is 19.1. The van der Waals surface area contributed by atoms with Gasteiger partial charge in [-0.15, -0.1) is 0 Å². The number of nitrogens with one attached hydrogen (secondary N) is 1. The van der Waals surface area contributed by atoms with Crippen LogP contribution in [0.25, 0.3) is 22.2 Å². The van der Waals surface area contributed by atoms with Crippen molar-refractivity contribution in [1.29, 1.82) is 0 Å². The van der Waals surface area contributed by atoms with E-state index in [0.29, 0.717) is 5.69 Å². The molecule has 0 atom stereocenters. The lowest BCUT2D eigenvalue weighted by molar-refractivity contribution is -0.137. The molecule has 0 saturated carbocycles. The molecule has 0 aliphatic heterocycles. The zero-order chi connectivity index (χ0) is 25.2. The van der Waals surface area contributed by atoms with E-state index in [2.05, 4.69) is 5.32 Å². The summed E-state index contributed by atoms with van der Waals surface area (Å²) < 4.78 is 43.3.